The van der Waals surface area contributed by atoms with E-state index in [2.05, 4.69) is 24.9 Å². The van der Waals surface area contributed by atoms with Crippen molar-refractivity contribution in [3.63, 3.8) is 0 Å². The molecule has 3 heteroatoms. The number of nitrogens with zero attached hydrogens (tertiary/aromatic N) is 1. The first-order valence-corrected chi connectivity index (χ1v) is 5.22. The Bertz CT molecular complexity index is 546. The minimum Gasteiger partial charge on any atom is -0.357 e. The number of aromatic nitrogens is 1. The van der Waals surface area contributed by atoms with Crippen molar-refractivity contribution in [3.05, 3.63) is 34.5 Å². The number of H-pyrrole nitrogens is 1. The Balaban J connectivity index is 2.72. The van der Waals surface area contributed by atoms with Gasteiger partial charge in [0.15, 0.2) is 0 Å². The number of fused-ring (bicyclic) bond motifs is 1. The lowest BCUT2D eigenvalue weighted by atomic mass is 10.1. The molecule has 2 aromatic rings. The SMILES string of the molecule is CC(C)c1[nH]c2cc(C#N)ccc2c1Cl. The molecule has 0 aliphatic carbocycles. The second-order valence-electron chi connectivity index (χ2n) is 3.88. The molecular formula is C12H11ClN2. The van der Waals surface area contributed by atoms with E-state index in [1.54, 1.807) is 6.07 Å². The predicted octanol–water partition coefficient (Wildman–Crippen LogP) is 3.82. The van der Waals surface area contributed by atoms with Crippen molar-refractivity contribution in [2.24, 2.45) is 0 Å². The van der Waals surface area contributed by atoms with E-state index in [-0.39, 0.29) is 0 Å². The average molecular weight is 219 g/mol. The first-order valence-electron chi connectivity index (χ1n) is 4.84. The highest BCUT2D eigenvalue weighted by molar-refractivity contribution is 6.36. The zero-order valence-electron chi connectivity index (χ0n) is 8.63. The topological polar surface area (TPSA) is 39.6 Å². The van der Waals surface area contributed by atoms with Crippen molar-refractivity contribution in [1.82, 2.24) is 4.98 Å². The van der Waals surface area contributed by atoms with Crippen molar-refractivity contribution in [2.75, 3.05) is 0 Å². The Hall–Kier alpha value is -1.46. The fourth-order valence-electron chi connectivity index (χ4n) is 1.65. The van der Waals surface area contributed by atoms with Crippen LogP contribution in [0.25, 0.3) is 10.9 Å². The van der Waals surface area contributed by atoms with Gasteiger partial charge in [0, 0.05) is 16.6 Å². The standard InChI is InChI=1S/C12H11ClN2/c1-7(2)12-11(13)9-4-3-8(6-14)5-10(9)15-12/h3-5,7,15H,1-2H3. The maximum atomic E-state index is 8.79. The summed E-state index contributed by atoms with van der Waals surface area (Å²) in [7, 11) is 0. The number of nitriles is 1. The quantitative estimate of drug-likeness (QED) is 0.777. The van der Waals surface area contributed by atoms with Gasteiger partial charge in [-0.3, -0.25) is 0 Å². The number of aromatic amines is 1. The monoisotopic (exact) mass is 218 g/mol. The zero-order chi connectivity index (χ0) is 11.0. The fourth-order valence-corrected chi connectivity index (χ4v) is 2.08. The van der Waals surface area contributed by atoms with Crippen LogP contribution in [-0.2, 0) is 0 Å². The molecule has 0 saturated heterocycles. The van der Waals surface area contributed by atoms with Crippen LogP contribution in [0.3, 0.4) is 0 Å². The maximum absolute atomic E-state index is 8.79. The van der Waals surface area contributed by atoms with Gasteiger partial charge < -0.3 is 4.98 Å². The summed E-state index contributed by atoms with van der Waals surface area (Å²) in [6, 6.07) is 7.61. The first-order chi connectivity index (χ1) is 7.13. The number of rotatable bonds is 1. The van der Waals surface area contributed by atoms with Gasteiger partial charge in [-0.2, -0.15) is 5.26 Å². The van der Waals surface area contributed by atoms with Gasteiger partial charge in [0.05, 0.1) is 16.7 Å². The summed E-state index contributed by atoms with van der Waals surface area (Å²) in [5.74, 6) is 0.357. The van der Waals surface area contributed by atoms with Gasteiger partial charge in [0.25, 0.3) is 0 Å². The van der Waals surface area contributed by atoms with Gasteiger partial charge in [-0.1, -0.05) is 31.5 Å². The van der Waals surface area contributed by atoms with E-state index in [9.17, 15) is 0 Å². The molecule has 76 valence electrons. The summed E-state index contributed by atoms with van der Waals surface area (Å²) in [6.07, 6.45) is 0. The van der Waals surface area contributed by atoms with E-state index in [0.717, 1.165) is 21.6 Å². The zero-order valence-corrected chi connectivity index (χ0v) is 9.39. The summed E-state index contributed by atoms with van der Waals surface area (Å²) >= 11 is 6.23. The molecule has 2 rings (SSSR count). The highest BCUT2D eigenvalue weighted by Crippen LogP contribution is 2.32. The van der Waals surface area contributed by atoms with E-state index in [1.807, 2.05) is 12.1 Å². The van der Waals surface area contributed by atoms with E-state index in [1.165, 1.54) is 0 Å². The van der Waals surface area contributed by atoms with Gasteiger partial charge in [0.2, 0.25) is 0 Å². The predicted molar refractivity (Wildman–Crippen MR) is 62.1 cm³/mol. The second-order valence-corrected chi connectivity index (χ2v) is 4.26. The highest BCUT2D eigenvalue weighted by Gasteiger charge is 2.12. The molecule has 2 nitrogen and oxygen atoms in total. The normalized spacial score (nSPS) is 10.9. The molecule has 0 aliphatic rings. The van der Waals surface area contributed by atoms with Crippen LogP contribution < -0.4 is 0 Å². The Kier molecular flexibility index (Phi) is 2.42. The maximum Gasteiger partial charge on any atom is 0.0992 e. The Morgan fingerprint density at radius 1 is 1.40 bits per heavy atom. The van der Waals surface area contributed by atoms with Crippen molar-refractivity contribution < 1.29 is 0 Å². The first kappa shape index (κ1) is 10.1. The molecule has 0 amide bonds. The van der Waals surface area contributed by atoms with Gasteiger partial charge in [-0.05, 0) is 18.1 Å². The summed E-state index contributed by atoms with van der Waals surface area (Å²) in [6.45, 7) is 4.17. The largest absolute Gasteiger partial charge is 0.357 e. The van der Waals surface area contributed by atoms with E-state index in [4.69, 9.17) is 16.9 Å². The average Bonchev–Trinajstić information content (AvgIpc) is 2.55. The third kappa shape index (κ3) is 1.60. The number of hydrogen-bond acceptors (Lipinski definition) is 1. The number of nitrogens with one attached hydrogen (secondary N) is 1. The Labute approximate surface area is 93.5 Å². The van der Waals surface area contributed by atoms with Gasteiger partial charge in [0.1, 0.15) is 0 Å². The van der Waals surface area contributed by atoms with Crippen LogP contribution in [0.2, 0.25) is 5.02 Å². The van der Waals surface area contributed by atoms with Crippen LogP contribution >= 0.6 is 11.6 Å². The minimum absolute atomic E-state index is 0.357. The minimum atomic E-state index is 0.357. The molecule has 0 spiro atoms. The third-order valence-electron chi connectivity index (χ3n) is 2.47. The molecule has 0 aliphatic heterocycles. The molecule has 1 N–H and O–H groups in total. The molecule has 0 atom stereocenters. The Morgan fingerprint density at radius 3 is 2.73 bits per heavy atom. The summed E-state index contributed by atoms with van der Waals surface area (Å²) in [5, 5.41) is 10.5. The molecule has 1 heterocycles. The molecule has 1 aromatic heterocycles. The Morgan fingerprint density at radius 2 is 2.13 bits per heavy atom. The smallest absolute Gasteiger partial charge is 0.0992 e. The number of benzene rings is 1. The lowest BCUT2D eigenvalue weighted by molar-refractivity contribution is 0.837. The second kappa shape index (κ2) is 3.60. The molecule has 0 saturated carbocycles. The number of hydrogen-bond donors (Lipinski definition) is 1. The van der Waals surface area contributed by atoms with Crippen LogP contribution in [0, 0.1) is 11.3 Å². The third-order valence-corrected chi connectivity index (χ3v) is 2.88. The molecule has 0 bridgehead atoms. The molecule has 0 radical (unpaired) electrons. The number of halogens is 1. The summed E-state index contributed by atoms with van der Waals surface area (Å²) in [5.41, 5.74) is 2.61. The van der Waals surface area contributed by atoms with Crippen molar-refractivity contribution in [2.45, 2.75) is 19.8 Å². The summed E-state index contributed by atoms with van der Waals surface area (Å²) < 4.78 is 0. The van der Waals surface area contributed by atoms with Crippen molar-refractivity contribution >= 4 is 22.5 Å². The van der Waals surface area contributed by atoms with Crippen LogP contribution in [0.4, 0.5) is 0 Å². The van der Waals surface area contributed by atoms with Crippen LogP contribution in [-0.4, -0.2) is 4.98 Å². The summed E-state index contributed by atoms with van der Waals surface area (Å²) in [4.78, 5) is 3.25. The lowest BCUT2D eigenvalue weighted by Gasteiger charge is -2.00. The molecule has 0 fully saturated rings. The van der Waals surface area contributed by atoms with E-state index < -0.39 is 0 Å². The molecular weight excluding hydrogens is 208 g/mol. The van der Waals surface area contributed by atoms with Gasteiger partial charge in [-0.25, -0.2) is 0 Å². The molecule has 1 aromatic carbocycles. The molecule has 0 unspecified atom stereocenters. The highest BCUT2D eigenvalue weighted by atomic mass is 35.5. The van der Waals surface area contributed by atoms with Gasteiger partial charge in [-0.15, -0.1) is 0 Å². The lowest BCUT2D eigenvalue weighted by Crippen LogP contribution is -1.86. The molecule has 15 heavy (non-hydrogen) atoms. The van der Waals surface area contributed by atoms with E-state index >= 15 is 0 Å². The van der Waals surface area contributed by atoms with Crippen LogP contribution in [0.15, 0.2) is 18.2 Å². The van der Waals surface area contributed by atoms with Gasteiger partial charge >= 0.3 is 0 Å². The fraction of sp³-hybridized carbons (Fsp3) is 0.250. The van der Waals surface area contributed by atoms with E-state index in [0.29, 0.717) is 11.5 Å². The van der Waals surface area contributed by atoms with Crippen LogP contribution in [0.1, 0.15) is 31.0 Å². The van der Waals surface area contributed by atoms with Crippen molar-refractivity contribution in [1.29, 1.82) is 5.26 Å². The van der Waals surface area contributed by atoms with Crippen LogP contribution in [0.5, 0.6) is 0 Å². The van der Waals surface area contributed by atoms with Crippen molar-refractivity contribution in [3.8, 4) is 6.07 Å².